The number of benzene rings is 2. The van der Waals surface area contributed by atoms with Gasteiger partial charge in [0, 0.05) is 29.4 Å². The lowest BCUT2D eigenvalue weighted by atomic mass is 10.1. The lowest BCUT2D eigenvalue weighted by Gasteiger charge is -2.10. The Morgan fingerprint density at radius 2 is 1.73 bits per heavy atom. The quantitative estimate of drug-likeness (QED) is 0.586. The molecule has 2 heterocycles. The van der Waals surface area contributed by atoms with Crippen molar-refractivity contribution in [1.29, 1.82) is 0 Å². The molecule has 1 N–H and O–H groups in total. The van der Waals surface area contributed by atoms with Gasteiger partial charge in [0.1, 0.15) is 5.75 Å². The smallest absolute Gasteiger partial charge is 0.255 e. The van der Waals surface area contributed by atoms with E-state index >= 15 is 0 Å². The SMILES string of the molecule is O=C(Nc1cccc2ncccc12)c1cccc(Oc2ccccn2)c1. The van der Waals surface area contributed by atoms with E-state index in [1.54, 1.807) is 42.7 Å². The molecule has 0 spiro atoms. The number of hydrogen-bond acceptors (Lipinski definition) is 4. The summed E-state index contributed by atoms with van der Waals surface area (Å²) in [7, 11) is 0. The number of nitrogens with one attached hydrogen (secondary N) is 1. The van der Waals surface area contributed by atoms with Gasteiger partial charge in [-0.3, -0.25) is 9.78 Å². The summed E-state index contributed by atoms with van der Waals surface area (Å²) < 4.78 is 5.69. The maximum absolute atomic E-state index is 12.7. The predicted octanol–water partition coefficient (Wildman–Crippen LogP) is 4.67. The fourth-order valence-electron chi connectivity index (χ4n) is 2.64. The molecule has 1 amide bonds. The molecule has 0 radical (unpaired) electrons. The Morgan fingerprint density at radius 3 is 2.62 bits per heavy atom. The second kappa shape index (κ2) is 7.03. The summed E-state index contributed by atoms with van der Waals surface area (Å²) >= 11 is 0. The highest BCUT2D eigenvalue weighted by Crippen LogP contribution is 2.24. The first-order valence-electron chi connectivity index (χ1n) is 8.14. The van der Waals surface area contributed by atoms with Crippen molar-refractivity contribution in [1.82, 2.24) is 9.97 Å². The van der Waals surface area contributed by atoms with Crippen molar-refractivity contribution in [3.63, 3.8) is 0 Å². The summed E-state index contributed by atoms with van der Waals surface area (Å²) in [5, 5.41) is 3.83. The zero-order chi connectivity index (χ0) is 17.8. The van der Waals surface area contributed by atoms with Crippen LogP contribution in [-0.4, -0.2) is 15.9 Å². The first-order valence-corrected chi connectivity index (χ1v) is 8.14. The molecule has 26 heavy (non-hydrogen) atoms. The molecule has 4 aromatic rings. The average molecular weight is 341 g/mol. The molecule has 0 saturated heterocycles. The first-order chi connectivity index (χ1) is 12.8. The number of hydrogen-bond donors (Lipinski definition) is 1. The van der Waals surface area contributed by atoms with Gasteiger partial charge in [-0.05, 0) is 48.5 Å². The van der Waals surface area contributed by atoms with Crippen molar-refractivity contribution >= 4 is 22.5 Å². The van der Waals surface area contributed by atoms with E-state index in [0.717, 1.165) is 16.6 Å². The molecule has 5 nitrogen and oxygen atoms in total. The van der Waals surface area contributed by atoms with Gasteiger partial charge in [-0.2, -0.15) is 0 Å². The third kappa shape index (κ3) is 3.37. The number of carbonyl (C=O) groups excluding carboxylic acids is 1. The summed E-state index contributed by atoms with van der Waals surface area (Å²) in [4.78, 5) is 21.1. The first kappa shape index (κ1) is 15.8. The van der Waals surface area contributed by atoms with Gasteiger partial charge in [0.05, 0.1) is 11.2 Å². The number of pyridine rings is 2. The topological polar surface area (TPSA) is 64.1 Å². The van der Waals surface area contributed by atoms with Gasteiger partial charge in [0.15, 0.2) is 0 Å². The van der Waals surface area contributed by atoms with Crippen molar-refractivity contribution in [2.45, 2.75) is 0 Å². The van der Waals surface area contributed by atoms with Gasteiger partial charge in [0.25, 0.3) is 5.91 Å². The van der Waals surface area contributed by atoms with Crippen LogP contribution in [0.5, 0.6) is 11.6 Å². The number of fused-ring (bicyclic) bond motifs is 1. The molecule has 126 valence electrons. The largest absolute Gasteiger partial charge is 0.439 e. The number of amides is 1. The van der Waals surface area contributed by atoms with E-state index in [2.05, 4.69) is 15.3 Å². The monoisotopic (exact) mass is 341 g/mol. The second-order valence-corrected chi connectivity index (χ2v) is 5.63. The minimum atomic E-state index is -0.215. The van der Waals surface area contributed by atoms with E-state index in [1.165, 1.54) is 0 Å². The van der Waals surface area contributed by atoms with Crippen molar-refractivity contribution in [2.24, 2.45) is 0 Å². The molecule has 2 aromatic heterocycles. The Kier molecular flexibility index (Phi) is 4.26. The molecule has 0 bridgehead atoms. The van der Waals surface area contributed by atoms with Crippen molar-refractivity contribution < 1.29 is 9.53 Å². The van der Waals surface area contributed by atoms with Crippen LogP contribution >= 0.6 is 0 Å². The van der Waals surface area contributed by atoms with Crippen LogP contribution in [0.15, 0.2) is 85.2 Å². The van der Waals surface area contributed by atoms with Gasteiger partial charge >= 0.3 is 0 Å². The fourth-order valence-corrected chi connectivity index (χ4v) is 2.64. The van der Waals surface area contributed by atoms with Crippen LogP contribution in [0.1, 0.15) is 10.4 Å². The van der Waals surface area contributed by atoms with E-state index in [1.807, 2.05) is 42.5 Å². The molecule has 0 saturated carbocycles. The Labute approximate surface area is 150 Å². The predicted molar refractivity (Wildman–Crippen MR) is 100 cm³/mol. The van der Waals surface area contributed by atoms with Gasteiger partial charge in [-0.15, -0.1) is 0 Å². The van der Waals surface area contributed by atoms with Crippen LogP contribution in [-0.2, 0) is 0 Å². The fraction of sp³-hybridized carbons (Fsp3) is 0. The summed E-state index contributed by atoms with van der Waals surface area (Å²) in [5.41, 5.74) is 2.05. The molecule has 4 rings (SSSR count). The molecular formula is C21H15N3O2. The highest BCUT2D eigenvalue weighted by Gasteiger charge is 2.10. The van der Waals surface area contributed by atoms with Crippen LogP contribution in [0.25, 0.3) is 10.9 Å². The molecule has 2 aromatic carbocycles. The van der Waals surface area contributed by atoms with Crippen LogP contribution in [0, 0.1) is 0 Å². The maximum atomic E-state index is 12.7. The van der Waals surface area contributed by atoms with E-state index in [4.69, 9.17) is 4.74 Å². The van der Waals surface area contributed by atoms with Crippen LogP contribution in [0.3, 0.4) is 0 Å². The third-order valence-electron chi connectivity index (χ3n) is 3.85. The number of aromatic nitrogens is 2. The Morgan fingerprint density at radius 1 is 0.846 bits per heavy atom. The Hall–Kier alpha value is -3.73. The zero-order valence-corrected chi connectivity index (χ0v) is 13.8. The van der Waals surface area contributed by atoms with Crippen LogP contribution in [0.4, 0.5) is 5.69 Å². The second-order valence-electron chi connectivity index (χ2n) is 5.63. The van der Waals surface area contributed by atoms with E-state index < -0.39 is 0 Å². The number of carbonyl (C=O) groups is 1. The van der Waals surface area contributed by atoms with Crippen LogP contribution < -0.4 is 10.1 Å². The number of nitrogens with zero attached hydrogens (tertiary/aromatic N) is 2. The Balaban J connectivity index is 1.57. The molecule has 0 aliphatic heterocycles. The summed E-state index contributed by atoms with van der Waals surface area (Å²) in [6, 6.07) is 21.8. The highest BCUT2D eigenvalue weighted by atomic mass is 16.5. The molecule has 0 aliphatic rings. The molecular weight excluding hydrogens is 326 g/mol. The zero-order valence-electron chi connectivity index (χ0n) is 13.8. The minimum Gasteiger partial charge on any atom is -0.439 e. The third-order valence-corrected chi connectivity index (χ3v) is 3.85. The van der Waals surface area contributed by atoms with E-state index in [0.29, 0.717) is 17.2 Å². The normalized spacial score (nSPS) is 10.5. The number of rotatable bonds is 4. The number of anilines is 1. The summed E-state index contributed by atoms with van der Waals surface area (Å²) in [6.07, 6.45) is 3.38. The highest BCUT2D eigenvalue weighted by molar-refractivity contribution is 6.08. The van der Waals surface area contributed by atoms with Crippen LogP contribution in [0.2, 0.25) is 0 Å². The lowest BCUT2D eigenvalue weighted by molar-refractivity contribution is 0.102. The van der Waals surface area contributed by atoms with Gasteiger partial charge in [0.2, 0.25) is 5.88 Å². The minimum absolute atomic E-state index is 0.215. The number of ether oxygens (including phenoxy) is 1. The maximum Gasteiger partial charge on any atom is 0.255 e. The van der Waals surface area contributed by atoms with Crippen molar-refractivity contribution in [3.05, 3.63) is 90.8 Å². The summed E-state index contributed by atoms with van der Waals surface area (Å²) in [6.45, 7) is 0. The van der Waals surface area contributed by atoms with Crippen molar-refractivity contribution in [3.8, 4) is 11.6 Å². The summed E-state index contributed by atoms with van der Waals surface area (Å²) in [5.74, 6) is 0.814. The average Bonchev–Trinajstić information content (AvgIpc) is 2.69. The molecule has 0 fully saturated rings. The molecule has 0 aliphatic carbocycles. The van der Waals surface area contributed by atoms with Gasteiger partial charge in [-0.1, -0.05) is 18.2 Å². The standard InChI is InChI=1S/C21H15N3O2/c25-21(24-19-10-4-9-18-17(19)8-5-13-22-18)15-6-3-7-16(14-15)26-20-11-1-2-12-23-20/h1-14H,(H,24,25). The van der Waals surface area contributed by atoms with Crippen molar-refractivity contribution in [2.75, 3.05) is 5.32 Å². The lowest BCUT2D eigenvalue weighted by Crippen LogP contribution is -2.12. The van der Waals surface area contributed by atoms with E-state index in [-0.39, 0.29) is 5.91 Å². The molecule has 5 heteroatoms. The van der Waals surface area contributed by atoms with E-state index in [9.17, 15) is 4.79 Å². The molecule has 0 unspecified atom stereocenters. The Bertz CT molecular complexity index is 1060. The molecule has 0 atom stereocenters. The van der Waals surface area contributed by atoms with Gasteiger partial charge in [-0.25, -0.2) is 4.98 Å². The van der Waals surface area contributed by atoms with Gasteiger partial charge < -0.3 is 10.1 Å².